The predicted molar refractivity (Wildman–Crippen MR) is 515 cm³/mol. The molecule has 680 valence electrons. The van der Waals surface area contributed by atoms with Crippen molar-refractivity contribution in [2.24, 2.45) is 54.1 Å². The van der Waals surface area contributed by atoms with Crippen molar-refractivity contribution in [3.63, 3.8) is 0 Å². The van der Waals surface area contributed by atoms with Crippen LogP contribution in [0.1, 0.15) is 388 Å². The van der Waals surface area contributed by atoms with Crippen molar-refractivity contribution in [3.05, 3.63) is 121 Å². The Labute approximate surface area is 754 Å². The van der Waals surface area contributed by atoms with Gasteiger partial charge in [0.05, 0.1) is 33.0 Å². The van der Waals surface area contributed by atoms with Crippen LogP contribution in [0.15, 0.2) is 146 Å². The molecule has 15 heteroatoms. The van der Waals surface area contributed by atoms with Gasteiger partial charge in [-0.3, -0.25) is 23.5 Å². The van der Waals surface area contributed by atoms with Crippen LogP contribution >= 0.6 is 63.1 Å². The van der Waals surface area contributed by atoms with Gasteiger partial charge >= 0.3 is 0 Å². The van der Waals surface area contributed by atoms with Crippen LogP contribution in [-0.2, 0) is 0 Å². The molecular weight excluding hydrogens is 1600 g/mol. The smallest absolute Gasteiger partial charge is 0.119 e. The summed E-state index contributed by atoms with van der Waals surface area (Å²) >= 11 is 21.7. The average molecular weight is 1760 g/mol. The highest BCUT2D eigenvalue weighted by molar-refractivity contribution is 7.81. The summed E-state index contributed by atoms with van der Waals surface area (Å²) in [5.74, 6) is 5.00. The van der Waals surface area contributed by atoms with Crippen molar-refractivity contribution in [2.75, 3.05) is 33.0 Å². The van der Waals surface area contributed by atoms with E-state index in [1.54, 1.807) is 0 Å². The Morgan fingerprint density at radius 1 is 0.175 bits per heavy atom. The molecular formula is C105H165F5O5S5. The van der Waals surface area contributed by atoms with Gasteiger partial charge in [0.25, 0.3) is 0 Å². The molecule has 0 aromatic heterocycles. The van der Waals surface area contributed by atoms with E-state index < -0.39 is 0 Å². The fraction of sp³-hybridized carbons (Fsp3) is 0.714. The summed E-state index contributed by atoms with van der Waals surface area (Å²) < 4.78 is 30.7. The molecule has 0 heterocycles. The molecule has 15 fully saturated rings. The monoisotopic (exact) mass is 1760 g/mol. The van der Waals surface area contributed by atoms with Gasteiger partial charge in [-0.2, -0.15) is 0 Å². The Morgan fingerprint density at radius 3 is 0.408 bits per heavy atom. The van der Waals surface area contributed by atoms with Crippen molar-refractivity contribution in [3.8, 4) is 28.7 Å². The summed E-state index contributed by atoms with van der Waals surface area (Å²) in [7, 11) is 0. The molecule has 0 aliphatic heterocycles. The van der Waals surface area contributed by atoms with E-state index >= 15 is 0 Å². The Kier molecular flexibility index (Phi) is 45.2. The number of hydrogen-bond acceptors (Lipinski definition) is 10. The molecule has 0 saturated heterocycles. The Morgan fingerprint density at radius 2 is 0.292 bits per heavy atom. The number of unbranched alkanes of at least 4 members (excludes halogenated alkanes) is 15. The van der Waals surface area contributed by atoms with Crippen LogP contribution in [0.3, 0.4) is 0 Å². The molecule has 15 saturated carbocycles. The lowest BCUT2D eigenvalue weighted by atomic mass is 9.53. The van der Waals surface area contributed by atoms with Crippen LogP contribution in [0.25, 0.3) is 0 Å². The fourth-order valence-electron chi connectivity index (χ4n) is 23.2. The summed E-state index contributed by atoms with van der Waals surface area (Å²) in [5.41, 5.74) is 5.80. The van der Waals surface area contributed by atoms with E-state index in [0.29, 0.717) is 54.1 Å². The van der Waals surface area contributed by atoms with Crippen molar-refractivity contribution in [1.29, 1.82) is 0 Å². The molecule has 0 amide bonds. The zero-order chi connectivity index (χ0) is 80.9. The molecule has 5 aromatic carbocycles. The molecule has 0 N–H and O–H groups in total. The summed E-state index contributed by atoms with van der Waals surface area (Å²) in [6.45, 7) is 16.1. The normalized spacial score (nSPS) is 28.4. The predicted octanol–water partition coefficient (Wildman–Crippen LogP) is 34.1. The second-order valence-corrected chi connectivity index (χ2v) is 43.0. The van der Waals surface area contributed by atoms with Gasteiger partial charge in [0.15, 0.2) is 0 Å². The van der Waals surface area contributed by atoms with Crippen LogP contribution in [0, 0.1) is 54.1 Å². The first-order chi connectivity index (χ1) is 55.8. The molecule has 120 heavy (non-hydrogen) atoms. The fourth-order valence-corrected chi connectivity index (χ4v) is 23.9. The zero-order valence-electron chi connectivity index (χ0n) is 75.3. The van der Waals surface area contributed by atoms with E-state index in [2.05, 4.69) is 97.8 Å². The summed E-state index contributed by atoms with van der Waals surface area (Å²) in [5, 5.41) is 0. The number of benzene rings is 5. The van der Waals surface area contributed by atoms with Gasteiger partial charge in [0, 0.05) is 51.6 Å². The van der Waals surface area contributed by atoms with E-state index in [9.17, 15) is 0 Å². The molecule has 15 aliphatic rings. The van der Waals surface area contributed by atoms with E-state index in [1.165, 1.54) is 353 Å². The summed E-state index contributed by atoms with van der Waals surface area (Å²) in [6.07, 6.45) is 78.0. The highest BCUT2D eigenvalue weighted by Gasteiger charge is 2.53. The molecule has 0 radical (unpaired) electrons. The van der Waals surface area contributed by atoms with Gasteiger partial charge < -0.3 is 23.7 Å². The highest BCUT2D eigenvalue weighted by atomic mass is 32.1. The lowest BCUT2D eigenvalue weighted by Gasteiger charge is -2.53. The minimum absolute atomic E-state index is 0. The summed E-state index contributed by atoms with van der Waals surface area (Å²) in [6, 6.07) is 40.6. The quantitative estimate of drug-likeness (QED) is 0.0154. The highest BCUT2D eigenvalue weighted by Crippen LogP contribution is 2.64. The SMILES string of the molecule is CCCCCCC12CCC(COc3ccc(S)cc3)(CC1)CC2.CCCCCCC12CCC(COc3ccc(S)cc3)(CC1)CC2.CCCCCCC12CCC(COc3ccc(S)cc3)(CC1)CC2.CCCCCCC12CCC(COc3ccc(S)cc3)(CC1)CC2.CCCCCCC12CCC(COc3ccc(S)cc3)(CC1)CC2.F.F.F.F.F. The molecule has 0 atom stereocenters. The minimum atomic E-state index is 0. The maximum Gasteiger partial charge on any atom is 0.119 e. The molecule has 0 spiro atoms. The number of fused-ring (bicyclic) bond motifs is 15. The van der Waals surface area contributed by atoms with Crippen molar-refractivity contribution in [2.45, 2.75) is 412 Å². The van der Waals surface area contributed by atoms with Gasteiger partial charge in [-0.1, -0.05) is 163 Å². The lowest BCUT2D eigenvalue weighted by molar-refractivity contribution is -0.0409. The topological polar surface area (TPSA) is 46.2 Å². The molecule has 15 aliphatic carbocycles. The Balaban J connectivity index is 0.000000230. The van der Waals surface area contributed by atoms with Crippen LogP contribution in [-0.4, -0.2) is 33.0 Å². The van der Waals surface area contributed by atoms with Crippen LogP contribution < -0.4 is 23.7 Å². The van der Waals surface area contributed by atoms with Crippen LogP contribution in [0.2, 0.25) is 0 Å². The van der Waals surface area contributed by atoms with Gasteiger partial charge in [-0.15, -0.1) is 63.1 Å². The third-order valence-corrected chi connectivity index (χ3v) is 34.0. The van der Waals surface area contributed by atoms with E-state index in [1.807, 2.05) is 121 Å². The number of rotatable bonds is 40. The second kappa shape index (κ2) is 51.5. The first-order valence-electron chi connectivity index (χ1n) is 47.9. The Hall–Kier alpha value is -3.50. The molecule has 10 bridgehead atoms. The minimum Gasteiger partial charge on any atom is -0.493 e. The third kappa shape index (κ3) is 31.5. The van der Waals surface area contributed by atoms with Gasteiger partial charge in [0.2, 0.25) is 0 Å². The molecule has 5 nitrogen and oxygen atoms in total. The maximum absolute atomic E-state index is 6.13. The van der Waals surface area contributed by atoms with Gasteiger partial charge in [0.1, 0.15) is 28.7 Å². The third-order valence-electron chi connectivity index (χ3n) is 32.5. The largest absolute Gasteiger partial charge is 0.493 e. The number of hydrogen-bond donors (Lipinski definition) is 5. The molecule has 20 rings (SSSR count). The molecule has 0 unspecified atom stereocenters. The first kappa shape index (κ1) is 105. The van der Waals surface area contributed by atoms with Gasteiger partial charge in [-0.25, -0.2) is 0 Å². The van der Waals surface area contributed by atoms with Crippen LogP contribution in [0.4, 0.5) is 23.5 Å². The van der Waals surface area contributed by atoms with Crippen molar-refractivity contribution in [1.82, 2.24) is 0 Å². The van der Waals surface area contributed by atoms with E-state index in [0.717, 1.165) is 86.3 Å². The number of halogens is 5. The van der Waals surface area contributed by atoms with E-state index in [-0.39, 0.29) is 23.5 Å². The maximum atomic E-state index is 6.13. The number of ether oxygens (including phenoxy) is 5. The van der Waals surface area contributed by atoms with E-state index in [4.69, 9.17) is 23.7 Å². The first-order valence-corrected chi connectivity index (χ1v) is 50.1. The summed E-state index contributed by atoms with van der Waals surface area (Å²) in [4.78, 5) is 4.99. The van der Waals surface area contributed by atoms with Crippen molar-refractivity contribution >= 4 is 63.1 Å². The Bertz CT molecular complexity index is 2920. The molecule has 5 aromatic rings. The van der Waals surface area contributed by atoms with Gasteiger partial charge in [-0.05, 0) is 373 Å². The van der Waals surface area contributed by atoms with Crippen LogP contribution in [0.5, 0.6) is 28.7 Å². The lowest BCUT2D eigenvalue weighted by Crippen LogP contribution is -2.44. The zero-order valence-corrected chi connectivity index (χ0v) is 79.8. The second-order valence-electron chi connectivity index (χ2n) is 40.5. The average Bonchev–Trinajstić information content (AvgIpc) is 0.790. The number of thiol groups is 5. The van der Waals surface area contributed by atoms with Crippen molar-refractivity contribution < 1.29 is 47.2 Å². The standard InChI is InChI=1S/5C21H32OS.5FH/c5*1-2-3-4-5-10-20-11-14-21(15-12-20,16-13-20)17-22-18-6-8-19(23)9-7-18;;;;;/h5*6-9,23H,2-5,10-17H2,1H3;5*1H.